The van der Waals surface area contributed by atoms with E-state index in [-0.39, 0.29) is 50.9 Å². The molecular formula is C30H58O8. The molecule has 1 heterocycles. The Morgan fingerprint density at radius 3 is 2.16 bits per heavy atom. The van der Waals surface area contributed by atoms with Gasteiger partial charge in [0, 0.05) is 21.3 Å². The minimum atomic E-state index is -0.597. The van der Waals surface area contributed by atoms with E-state index in [1.165, 1.54) is 44.9 Å². The van der Waals surface area contributed by atoms with Crippen LogP contribution in [0.1, 0.15) is 103 Å². The van der Waals surface area contributed by atoms with Gasteiger partial charge in [-0.25, -0.2) is 0 Å². The third kappa shape index (κ3) is 15.9. The lowest BCUT2D eigenvalue weighted by Gasteiger charge is -2.40. The molecule has 1 aliphatic rings. The number of methoxy groups -OCH3 is 3. The van der Waals surface area contributed by atoms with Crippen LogP contribution in [0.25, 0.3) is 0 Å². The van der Waals surface area contributed by atoms with E-state index in [4.69, 9.17) is 33.2 Å². The molecule has 0 saturated carbocycles. The molecule has 38 heavy (non-hydrogen) atoms. The summed E-state index contributed by atoms with van der Waals surface area (Å²) in [6.45, 7) is 6.62. The Morgan fingerprint density at radius 2 is 1.50 bits per heavy atom. The number of ether oxygens (including phenoxy) is 7. The Labute approximate surface area is 232 Å². The van der Waals surface area contributed by atoms with Gasteiger partial charge in [0.1, 0.15) is 20.4 Å². The first-order chi connectivity index (χ1) is 18.6. The third-order valence-electron chi connectivity index (χ3n) is 7.29. The van der Waals surface area contributed by atoms with Gasteiger partial charge >= 0.3 is 0 Å². The average molecular weight is 547 g/mol. The molecule has 8 nitrogen and oxygen atoms in total. The van der Waals surface area contributed by atoms with E-state index in [1.807, 2.05) is 6.08 Å². The van der Waals surface area contributed by atoms with Crippen molar-refractivity contribution in [1.82, 2.24) is 0 Å². The molecule has 0 bridgehead atoms. The first-order valence-electron chi connectivity index (χ1n) is 14.9. The van der Waals surface area contributed by atoms with Gasteiger partial charge in [0.2, 0.25) is 0 Å². The largest absolute Gasteiger partial charge is 0.390 e. The first kappa shape index (κ1) is 35.4. The highest BCUT2D eigenvalue weighted by atomic mass is 16.7. The summed E-state index contributed by atoms with van der Waals surface area (Å²) in [7, 11) is 4.87. The van der Waals surface area contributed by atoms with Gasteiger partial charge in [-0.3, -0.25) is 0 Å². The molecule has 0 radical (unpaired) electrons. The lowest BCUT2D eigenvalue weighted by molar-refractivity contribution is -0.210. The Hall–Kier alpha value is -0.580. The number of unbranched alkanes of at least 4 members (excludes halogenated alkanes) is 7. The maximum absolute atomic E-state index is 10.7. The number of aliphatic hydroxyl groups excluding tert-OH is 1. The zero-order valence-electron chi connectivity index (χ0n) is 24.8. The highest BCUT2D eigenvalue weighted by Gasteiger charge is 2.36. The third-order valence-corrected chi connectivity index (χ3v) is 7.29. The molecule has 0 aromatic rings. The molecule has 0 unspecified atom stereocenters. The predicted octanol–water partition coefficient (Wildman–Crippen LogP) is 6.14. The summed E-state index contributed by atoms with van der Waals surface area (Å²) in [5.41, 5.74) is 0. The van der Waals surface area contributed by atoms with Crippen LogP contribution >= 0.6 is 0 Å². The number of rotatable bonds is 26. The Morgan fingerprint density at radius 1 is 0.842 bits per heavy atom. The lowest BCUT2D eigenvalue weighted by Crippen LogP contribution is -2.46. The van der Waals surface area contributed by atoms with Crippen LogP contribution in [0, 0.1) is 0 Å². The molecule has 0 amide bonds. The van der Waals surface area contributed by atoms with Crippen molar-refractivity contribution in [2.75, 3.05) is 41.7 Å². The number of allylic oxidation sites excluding steroid dienone is 1. The van der Waals surface area contributed by atoms with Crippen LogP contribution in [0.2, 0.25) is 0 Å². The summed E-state index contributed by atoms with van der Waals surface area (Å²) >= 11 is 0. The molecule has 0 aromatic heterocycles. The molecule has 0 aromatic carbocycles. The van der Waals surface area contributed by atoms with Crippen LogP contribution in [0.3, 0.4) is 0 Å². The van der Waals surface area contributed by atoms with Crippen molar-refractivity contribution >= 4 is 0 Å². The standard InChI is InChI=1S/C30H58O8/c1-6-8-10-11-12-13-14-15-17-29-27(36-23-33-4)20-21-30(38-29)28(37-24-34-5)19-18-26(35-22-32-3)25(31)16-9-7-2/h7,25-31H,2,6,8-24H2,1,3-5H3/t25-,26-,27+,28-,29-,30-/m0/s1. The highest BCUT2D eigenvalue weighted by molar-refractivity contribution is 4.85. The number of hydrogen-bond acceptors (Lipinski definition) is 8. The Bertz CT molecular complexity index is 534. The minimum Gasteiger partial charge on any atom is -0.390 e. The summed E-state index contributed by atoms with van der Waals surface area (Å²) in [5, 5.41) is 10.7. The topological polar surface area (TPSA) is 84.8 Å². The predicted molar refractivity (Wildman–Crippen MR) is 150 cm³/mol. The molecule has 1 fully saturated rings. The zero-order chi connectivity index (χ0) is 27.8. The van der Waals surface area contributed by atoms with E-state index >= 15 is 0 Å². The van der Waals surface area contributed by atoms with Gasteiger partial charge in [0.25, 0.3) is 0 Å². The van der Waals surface area contributed by atoms with Gasteiger partial charge in [-0.1, -0.05) is 64.4 Å². The monoisotopic (exact) mass is 546 g/mol. The fourth-order valence-electron chi connectivity index (χ4n) is 5.12. The fraction of sp³-hybridized carbons (Fsp3) is 0.933. The van der Waals surface area contributed by atoms with Crippen molar-refractivity contribution in [3.05, 3.63) is 12.7 Å². The minimum absolute atomic E-state index is 0.0105. The van der Waals surface area contributed by atoms with Crippen LogP contribution in [0.4, 0.5) is 0 Å². The van der Waals surface area contributed by atoms with Gasteiger partial charge in [-0.15, -0.1) is 6.58 Å². The summed E-state index contributed by atoms with van der Waals surface area (Å²) in [4.78, 5) is 0. The van der Waals surface area contributed by atoms with Gasteiger partial charge in [-0.2, -0.15) is 0 Å². The average Bonchev–Trinajstić information content (AvgIpc) is 2.93. The van der Waals surface area contributed by atoms with Crippen molar-refractivity contribution in [2.45, 2.75) is 140 Å². The van der Waals surface area contributed by atoms with Crippen LogP contribution in [0.15, 0.2) is 12.7 Å². The lowest BCUT2D eigenvalue weighted by atomic mass is 9.92. The highest BCUT2D eigenvalue weighted by Crippen LogP contribution is 2.31. The van der Waals surface area contributed by atoms with Crippen molar-refractivity contribution in [3.8, 4) is 0 Å². The maximum Gasteiger partial charge on any atom is 0.146 e. The van der Waals surface area contributed by atoms with E-state index in [9.17, 15) is 5.11 Å². The van der Waals surface area contributed by atoms with E-state index in [0.717, 1.165) is 32.1 Å². The van der Waals surface area contributed by atoms with E-state index in [1.54, 1.807) is 21.3 Å². The van der Waals surface area contributed by atoms with Crippen molar-refractivity contribution in [2.24, 2.45) is 0 Å². The molecule has 6 atom stereocenters. The van der Waals surface area contributed by atoms with Crippen LogP contribution < -0.4 is 0 Å². The first-order valence-corrected chi connectivity index (χ1v) is 14.9. The van der Waals surface area contributed by atoms with Crippen molar-refractivity contribution < 1.29 is 38.3 Å². The molecular weight excluding hydrogens is 488 g/mol. The number of aliphatic hydroxyl groups is 1. The molecule has 0 spiro atoms. The van der Waals surface area contributed by atoms with Crippen molar-refractivity contribution in [1.29, 1.82) is 0 Å². The van der Waals surface area contributed by atoms with Gasteiger partial charge in [-0.05, 0) is 44.9 Å². The molecule has 226 valence electrons. The quantitative estimate of drug-likeness (QED) is 0.0787. The zero-order valence-corrected chi connectivity index (χ0v) is 24.8. The normalized spacial score (nSPS) is 22.3. The summed E-state index contributed by atoms with van der Waals surface area (Å²) in [6.07, 6.45) is 16.3. The Kier molecular flexibility index (Phi) is 22.6. The smallest absolute Gasteiger partial charge is 0.146 e. The number of hydrogen-bond donors (Lipinski definition) is 1. The van der Waals surface area contributed by atoms with Crippen LogP contribution in [0.5, 0.6) is 0 Å². The van der Waals surface area contributed by atoms with Crippen LogP contribution in [-0.4, -0.2) is 83.4 Å². The van der Waals surface area contributed by atoms with Gasteiger partial charge in [0.05, 0.1) is 36.6 Å². The maximum atomic E-state index is 10.7. The second kappa shape index (κ2) is 24.2. The van der Waals surface area contributed by atoms with E-state index in [0.29, 0.717) is 19.3 Å². The molecule has 1 rings (SSSR count). The van der Waals surface area contributed by atoms with E-state index in [2.05, 4.69) is 13.5 Å². The van der Waals surface area contributed by atoms with Crippen molar-refractivity contribution in [3.63, 3.8) is 0 Å². The second-order valence-corrected chi connectivity index (χ2v) is 10.4. The Balaban J connectivity index is 2.71. The SMILES string of the molecule is C=CCC[C@H](O)[C@H](CC[C@H](OCOC)[C@@H]1CC[C@@H](OCOC)[C@H](CCCCCCCCCC)O1)OCOC. The van der Waals surface area contributed by atoms with E-state index < -0.39 is 6.10 Å². The molecule has 1 saturated heterocycles. The summed E-state index contributed by atoms with van der Waals surface area (Å²) in [6, 6.07) is 0. The fourth-order valence-corrected chi connectivity index (χ4v) is 5.12. The van der Waals surface area contributed by atoms with Gasteiger partial charge in [0.15, 0.2) is 0 Å². The summed E-state index contributed by atoms with van der Waals surface area (Å²) < 4.78 is 40.1. The molecule has 1 N–H and O–H groups in total. The summed E-state index contributed by atoms with van der Waals surface area (Å²) in [5.74, 6) is 0. The molecule has 1 aliphatic heterocycles. The molecule has 8 heteroatoms. The van der Waals surface area contributed by atoms with Gasteiger partial charge < -0.3 is 38.3 Å². The molecule has 0 aliphatic carbocycles. The van der Waals surface area contributed by atoms with Crippen LogP contribution in [-0.2, 0) is 33.2 Å². The second-order valence-electron chi connectivity index (χ2n) is 10.4.